The van der Waals surface area contributed by atoms with Crippen LogP contribution in [0.15, 0.2) is 6.33 Å². The van der Waals surface area contributed by atoms with E-state index in [1.54, 1.807) is 6.33 Å². The first kappa shape index (κ1) is 14.0. The highest BCUT2D eigenvalue weighted by Gasteiger charge is 2.45. The molecule has 0 aromatic carbocycles. The molecule has 1 saturated heterocycles. The molecule has 0 radical (unpaired) electrons. The van der Waals surface area contributed by atoms with Crippen molar-refractivity contribution < 1.29 is 0 Å². The number of nitrogens with one attached hydrogen (secondary N) is 1. The van der Waals surface area contributed by atoms with Crippen molar-refractivity contribution in [3.63, 3.8) is 0 Å². The molecular formula is C15H27N5. The van der Waals surface area contributed by atoms with Crippen LogP contribution in [0.2, 0.25) is 0 Å². The zero-order chi connectivity index (χ0) is 14.3. The predicted octanol–water partition coefficient (Wildman–Crippen LogP) is 1.82. The van der Waals surface area contributed by atoms with Crippen LogP contribution in [-0.4, -0.2) is 44.3 Å². The number of rotatable bonds is 4. The first-order chi connectivity index (χ1) is 9.49. The fraction of sp³-hybridized carbons (Fsp3) is 0.867. The highest BCUT2D eigenvalue weighted by atomic mass is 15.4. The van der Waals surface area contributed by atoms with Crippen molar-refractivity contribution in [3.8, 4) is 0 Å². The predicted molar refractivity (Wildman–Crippen MR) is 79.4 cm³/mol. The van der Waals surface area contributed by atoms with Gasteiger partial charge >= 0.3 is 0 Å². The van der Waals surface area contributed by atoms with Crippen LogP contribution in [0.3, 0.4) is 0 Å². The van der Waals surface area contributed by atoms with Gasteiger partial charge in [0.25, 0.3) is 0 Å². The number of aromatic nitrogens is 3. The van der Waals surface area contributed by atoms with Crippen molar-refractivity contribution in [2.45, 2.75) is 64.7 Å². The Hall–Kier alpha value is -0.940. The zero-order valence-electron chi connectivity index (χ0n) is 13.1. The average Bonchev–Trinajstić information content (AvgIpc) is 3.15. The van der Waals surface area contributed by atoms with E-state index in [0.717, 1.165) is 31.4 Å². The third-order valence-corrected chi connectivity index (χ3v) is 4.92. The summed E-state index contributed by atoms with van der Waals surface area (Å²) < 4.78 is 2.04. The standard InChI is InChI=1S/C15H27N5/c1-11(2)20-14(16-10-18-20)8-19-9-15(4,13-5-6-13)17-7-12(19)3/h10-13,17H,5-9H2,1-4H3. The number of hydrogen-bond acceptors (Lipinski definition) is 4. The van der Waals surface area contributed by atoms with Crippen LogP contribution in [0, 0.1) is 5.92 Å². The Morgan fingerprint density at radius 1 is 1.45 bits per heavy atom. The summed E-state index contributed by atoms with van der Waals surface area (Å²) in [5, 5.41) is 8.12. The SMILES string of the molecule is CC1CNC(C)(C2CC2)CN1Cc1ncnn1C(C)C. The van der Waals surface area contributed by atoms with Crippen LogP contribution >= 0.6 is 0 Å². The lowest BCUT2D eigenvalue weighted by molar-refractivity contribution is 0.0732. The monoisotopic (exact) mass is 277 g/mol. The third kappa shape index (κ3) is 2.61. The molecule has 1 N–H and O–H groups in total. The van der Waals surface area contributed by atoms with E-state index < -0.39 is 0 Å². The Morgan fingerprint density at radius 3 is 2.85 bits per heavy atom. The van der Waals surface area contributed by atoms with Gasteiger partial charge in [0, 0.05) is 30.7 Å². The van der Waals surface area contributed by atoms with Gasteiger partial charge in [-0.3, -0.25) is 4.90 Å². The number of nitrogens with zero attached hydrogens (tertiary/aromatic N) is 4. The van der Waals surface area contributed by atoms with Gasteiger partial charge in [0.05, 0.1) is 6.54 Å². The smallest absolute Gasteiger partial charge is 0.141 e. The molecule has 2 heterocycles. The molecule has 5 nitrogen and oxygen atoms in total. The van der Waals surface area contributed by atoms with Gasteiger partial charge in [0.1, 0.15) is 12.2 Å². The van der Waals surface area contributed by atoms with E-state index in [1.165, 1.54) is 12.8 Å². The summed E-state index contributed by atoms with van der Waals surface area (Å²) in [6, 6.07) is 0.930. The van der Waals surface area contributed by atoms with Crippen molar-refractivity contribution in [3.05, 3.63) is 12.2 Å². The van der Waals surface area contributed by atoms with Crippen molar-refractivity contribution in [2.75, 3.05) is 13.1 Å². The minimum absolute atomic E-state index is 0.287. The van der Waals surface area contributed by atoms with Gasteiger partial charge in [-0.15, -0.1) is 0 Å². The van der Waals surface area contributed by atoms with Crippen LogP contribution in [0.25, 0.3) is 0 Å². The molecule has 2 atom stereocenters. The maximum absolute atomic E-state index is 4.46. The molecule has 1 aromatic rings. The molecule has 0 amide bonds. The minimum atomic E-state index is 0.287. The second kappa shape index (κ2) is 5.11. The minimum Gasteiger partial charge on any atom is -0.308 e. The third-order valence-electron chi connectivity index (χ3n) is 4.92. The first-order valence-electron chi connectivity index (χ1n) is 7.87. The van der Waals surface area contributed by atoms with Gasteiger partial charge in [-0.05, 0) is 46.5 Å². The lowest BCUT2D eigenvalue weighted by Crippen LogP contribution is -2.63. The van der Waals surface area contributed by atoms with Crippen molar-refractivity contribution in [2.24, 2.45) is 5.92 Å². The van der Waals surface area contributed by atoms with Crippen molar-refractivity contribution >= 4 is 0 Å². The first-order valence-corrected chi connectivity index (χ1v) is 7.87. The molecule has 0 bridgehead atoms. The topological polar surface area (TPSA) is 46.0 Å². The molecule has 0 spiro atoms. The zero-order valence-corrected chi connectivity index (χ0v) is 13.1. The molecule has 2 fully saturated rings. The molecule has 3 rings (SSSR count). The Morgan fingerprint density at radius 2 is 2.20 bits per heavy atom. The molecule has 5 heteroatoms. The molecule has 1 aliphatic heterocycles. The maximum Gasteiger partial charge on any atom is 0.141 e. The van der Waals surface area contributed by atoms with Gasteiger partial charge < -0.3 is 5.32 Å². The van der Waals surface area contributed by atoms with Crippen LogP contribution in [0.4, 0.5) is 0 Å². The van der Waals surface area contributed by atoms with Gasteiger partial charge in [0.2, 0.25) is 0 Å². The molecule has 1 aliphatic carbocycles. The fourth-order valence-corrected chi connectivity index (χ4v) is 3.35. The highest BCUT2D eigenvalue weighted by molar-refractivity contribution is 5.04. The van der Waals surface area contributed by atoms with E-state index in [-0.39, 0.29) is 5.54 Å². The second-order valence-electron chi connectivity index (χ2n) is 7.04. The average molecular weight is 277 g/mol. The number of piperazine rings is 1. The summed E-state index contributed by atoms with van der Waals surface area (Å²) in [6.45, 7) is 12.1. The van der Waals surface area contributed by atoms with Crippen LogP contribution < -0.4 is 5.32 Å². The summed E-state index contributed by atoms with van der Waals surface area (Å²) in [5.74, 6) is 1.95. The quantitative estimate of drug-likeness (QED) is 0.912. The summed E-state index contributed by atoms with van der Waals surface area (Å²) in [5.41, 5.74) is 0.287. The normalized spacial score (nSPS) is 31.9. The second-order valence-corrected chi connectivity index (χ2v) is 7.04. The van der Waals surface area contributed by atoms with E-state index in [9.17, 15) is 0 Å². The lowest BCUT2D eigenvalue weighted by atomic mass is 9.91. The van der Waals surface area contributed by atoms with Gasteiger partial charge in [-0.2, -0.15) is 5.10 Å². The molecule has 2 aliphatic rings. The molecule has 1 saturated carbocycles. The summed E-state index contributed by atoms with van der Waals surface area (Å²) in [7, 11) is 0. The van der Waals surface area contributed by atoms with E-state index in [1.807, 2.05) is 4.68 Å². The lowest BCUT2D eigenvalue weighted by Gasteiger charge is -2.45. The highest BCUT2D eigenvalue weighted by Crippen LogP contribution is 2.41. The van der Waals surface area contributed by atoms with Crippen LogP contribution in [0.5, 0.6) is 0 Å². The Balaban J connectivity index is 1.73. The van der Waals surface area contributed by atoms with Crippen LogP contribution in [-0.2, 0) is 6.54 Å². The van der Waals surface area contributed by atoms with E-state index >= 15 is 0 Å². The fourth-order valence-electron chi connectivity index (χ4n) is 3.35. The molecule has 2 unspecified atom stereocenters. The van der Waals surface area contributed by atoms with Gasteiger partial charge in [-0.25, -0.2) is 9.67 Å². The van der Waals surface area contributed by atoms with Crippen LogP contribution in [0.1, 0.15) is 52.4 Å². The number of hydrogen-bond donors (Lipinski definition) is 1. The summed E-state index contributed by atoms with van der Waals surface area (Å²) in [6.07, 6.45) is 4.45. The largest absolute Gasteiger partial charge is 0.308 e. The van der Waals surface area contributed by atoms with E-state index in [0.29, 0.717) is 12.1 Å². The maximum atomic E-state index is 4.46. The molecule has 20 heavy (non-hydrogen) atoms. The summed E-state index contributed by atoms with van der Waals surface area (Å²) in [4.78, 5) is 7.03. The molecule has 1 aromatic heterocycles. The molecular weight excluding hydrogens is 250 g/mol. The summed E-state index contributed by atoms with van der Waals surface area (Å²) >= 11 is 0. The van der Waals surface area contributed by atoms with E-state index in [4.69, 9.17) is 0 Å². The Bertz CT molecular complexity index is 465. The van der Waals surface area contributed by atoms with Crippen molar-refractivity contribution in [1.29, 1.82) is 0 Å². The van der Waals surface area contributed by atoms with Gasteiger partial charge in [0.15, 0.2) is 0 Å². The van der Waals surface area contributed by atoms with E-state index in [2.05, 4.69) is 48.0 Å². The Labute approximate surface area is 121 Å². The van der Waals surface area contributed by atoms with Crippen molar-refractivity contribution in [1.82, 2.24) is 25.0 Å². The van der Waals surface area contributed by atoms with Gasteiger partial charge in [-0.1, -0.05) is 0 Å². The Kier molecular flexibility index (Phi) is 3.58. The molecule has 112 valence electrons.